The minimum Gasteiger partial charge on any atom is -0.445 e. The van der Waals surface area contributed by atoms with Gasteiger partial charge in [0.15, 0.2) is 17.8 Å². The van der Waals surface area contributed by atoms with Crippen LogP contribution in [0.5, 0.6) is 0 Å². The molecule has 0 spiro atoms. The van der Waals surface area contributed by atoms with E-state index in [4.69, 9.17) is 10.2 Å². The van der Waals surface area contributed by atoms with E-state index >= 15 is 0 Å². The van der Waals surface area contributed by atoms with Crippen LogP contribution in [0.4, 0.5) is 0 Å². The van der Waals surface area contributed by atoms with Crippen molar-refractivity contribution >= 4 is 6.29 Å². The summed E-state index contributed by atoms with van der Waals surface area (Å²) in [7, 11) is 0. The molecule has 14 heavy (non-hydrogen) atoms. The molecule has 1 rings (SSSR count). The van der Waals surface area contributed by atoms with Gasteiger partial charge in [0.05, 0.1) is 6.04 Å². The number of furan rings is 1. The summed E-state index contributed by atoms with van der Waals surface area (Å²) in [5.41, 5.74) is 5.69. The molecule has 0 saturated heterocycles. The van der Waals surface area contributed by atoms with Crippen LogP contribution in [0, 0.1) is 11.8 Å². The predicted octanol–water partition coefficient (Wildman–Crippen LogP) is 1.57. The normalized spacial score (nSPS) is 11.6. The quantitative estimate of drug-likeness (QED) is 0.582. The average molecular weight is 191 g/mol. The third-order valence-corrected chi connectivity index (χ3v) is 1.72. The molecule has 74 valence electrons. The monoisotopic (exact) mass is 191 g/mol. The number of nitrogens with two attached hydrogens (primary N) is 1. The number of hydrogen-bond acceptors (Lipinski definition) is 3. The lowest BCUT2D eigenvalue weighted by Crippen LogP contribution is -2.16. The first-order chi connectivity index (χ1) is 6.76. The fourth-order valence-corrected chi connectivity index (χ4v) is 1.03. The average Bonchev–Trinajstić information content (AvgIpc) is 2.63. The summed E-state index contributed by atoms with van der Waals surface area (Å²) in [5.74, 6) is 6.41. The molecule has 0 radical (unpaired) electrons. The third kappa shape index (κ3) is 3.08. The van der Waals surface area contributed by atoms with E-state index in [0.717, 1.165) is 12.8 Å². The molecule has 0 aromatic carbocycles. The van der Waals surface area contributed by atoms with Crippen molar-refractivity contribution in [2.45, 2.75) is 25.8 Å². The van der Waals surface area contributed by atoms with Crippen LogP contribution in [0.15, 0.2) is 16.5 Å². The maximum atomic E-state index is 10.3. The molecule has 0 aliphatic rings. The molecule has 0 bridgehead atoms. The summed E-state index contributed by atoms with van der Waals surface area (Å²) >= 11 is 0. The molecule has 1 atom stereocenters. The van der Waals surface area contributed by atoms with E-state index < -0.39 is 0 Å². The predicted molar refractivity (Wildman–Crippen MR) is 53.9 cm³/mol. The highest BCUT2D eigenvalue weighted by Gasteiger charge is 1.97. The molecule has 3 nitrogen and oxygen atoms in total. The van der Waals surface area contributed by atoms with Gasteiger partial charge in [-0.3, -0.25) is 4.79 Å². The van der Waals surface area contributed by atoms with E-state index in [9.17, 15) is 4.79 Å². The van der Waals surface area contributed by atoms with Crippen molar-refractivity contribution < 1.29 is 9.21 Å². The van der Waals surface area contributed by atoms with Crippen LogP contribution in [0.25, 0.3) is 0 Å². The molecule has 0 aliphatic heterocycles. The molecular formula is C11H13NO2. The van der Waals surface area contributed by atoms with Gasteiger partial charge in [0, 0.05) is 0 Å². The van der Waals surface area contributed by atoms with Gasteiger partial charge < -0.3 is 10.2 Å². The lowest BCUT2D eigenvalue weighted by atomic mass is 10.2. The van der Waals surface area contributed by atoms with Crippen molar-refractivity contribution in [3.05, 3.63) is 23.7 Å². The smallest absolute Gasteiger partial charge is 0.185 e. The molecule has 0 amide bonds. The van der Waals surface area contributed by atoms with Gasteiger partial charge in [-0.15, -0.1) is 0 Å². The zero-order valence-corrected chi connectivity index (χ0v) is 8.12. The third-order valence-electron chi connectivity index (χ3n) is 1.72. The Balaban J connectivity index is 2.62. The minimum atomic E-state index is -0.121. The molecule has 0 aliphatic carbocycles. The fraction of sp³-hybridized carbons (Fsp3) is 0.364. The Bertz CT molecular complexity index is 357. The number of rotatable bonds is 3. The van der Waals surface area contributed by atoms with Gasteiger partial charge in [-0.2, -0.15) is 0 Å². The summed E-state index contributed by atoms with van der Waals surface area (Å²) in [5, 5.41) is 0. The van der Waals surface area contributed by atoms with E-state index in [2.05, 4.69) is 18.8 Å². The fourth-order valence-electron chi connectivity index (χ4n) is 1.03. The van der Waals surface area contributed by atoms with E-state index in [1.54, 1.807) is 12.1 Å². The zero-order valence-electron chi connectivity index (χ0n) is 8.12. The van der Waals surface area contributed by atoms with Crippen LogP contribution >= 0.6 is 0 Å². The van der Waals surface area contributed by atoms with Crippen molar-refractivity contribution in [3.63, 3.8) is 0 Å². The summed E-state index contributed by atoms with van der Waals surface area (Å²) in [6, 6.07) is 3.13. The van der Waals surface area contributed by atoms with Gasteiger partial charge >= 0.3 is 0 Å². The topological polar surface area (TPSA) is 56.2 Å². The largest absolute Gasteiger partial charge is 0.445 e. The highest BCUT2D eigenvalue weighted by atomic mass is 16.3. The number of aldehydes is 1. The zero-order chi connectivity index (χ0) is 10.4. The van der Waals surface area contributed by atoms with Crippen LogP contribution in [0.3, 0.4) is 0 Å². The van der Waals surface area contributed by atoms with Crippen molar-refractivity contribution in [2.24, 2.45) is 5.73 Å². The number of hydrogen-bond donors (Lipinski definition) is 1. The number of carbonyl (C=O) groups excluding carboxylic acids is 1. The molecule has 3 heteroatoms. The Morgan fingerprint density at radius 2 is 2.43 bits per heavy atom. The molecular weight excluding hydrogens is 178 g/mol. The molecule has 2 N–H and O–H groups in total. The second-order valence-electron chi connectivity index (χ2n) is 2.98. The first kappa shape index (κ1) is 10.6. The van der Waals surface area contributed by atoms with Crippen LogP contribution in [0.2, 0.25) is 0 Å². The maximum absolute atomic E-state index is 10.3. The molecule has 1 heterocycles. The summed E-state index contributed by atoms with van der Waals surface area (Å²) in [6.45, 7) is 2.05. The van der Waals surface area contributed by atoms with E-state index in [0.29, 0.717) is 17.8 Å². The van der Waals surface area contributed by atoms with Gasteiger partial charge in [0.1, 0.15) is 0 Å². The van der Waals surface area contributed by atoms with E-state index in [-0.39, 0.29) is 6.04 Å². The Hall–Kier alpha value is -1.53. The summed E-state index contributed by atoms with van der Waals surface area (Å²) in [4.78, 5) is 10.3. The maximum Gasteiger partial charge on any atom is 0.185 e. The lowest BCUT2D eigenvalue weighted by Gasteiger charge is -1.97. The van der Waals surface area contributed by atoms with Crippen LogP contribution in [-0.2, 0) is 0 Å². The van der Waals surface area contributed by atoms with Crippen LogP contribution in [0.1, 0.15) is 36.1 Å². The highest BCUT2D eigenvalue weighted by molar-refractivity contribution is 5.70. The Kier molecular flexibility index (Phi) is 3.96. The second-order valence-corrected chi connectivity index (χ2v) is 2.98. The Morgan fingerprint density at radius 3 is 3.00 bits per heavy atom. The van der Waals surface area contributed by atoms with Gasteiger partial charge in [-0.05, 0) is 24.5 Å². The minimum absolute atomic E-state index is 0.121. The van der Waals surface area contributed by atoms with Gasteiger partial charge in [0.25, 0.3) is 0 Å². The summed E-state index contributed by atoms with van der Waals surface area (Å²) in [6.07, 6.45) is 2.53. The SMILES string of the molecule is CCCC(N)C#Cc1ccc(C=O)o1. The molecule has 0 saturated carbocycles. The first-order valence-electron chi connectivity index (χ1n) is 4.58. The molecule has 0 fully saturated rings. The number of carbonyl (C=O) groups is 1. The molecule has 1 unspecified atom stereocenters. The van der Waals surface area contributed by atoms with Crippen LogP contribution < -0.4 is 5.73 Å². The Labute approximate surface area is 83.3 Å². The summed E-state index contributed by atoms with van der Waals surface area (Å²) < 4.78 is 5.06. The second kappa shape index (κ2) is 5.25. The van der Waals surface area contributed by atoms with Crippen molar-refractivity contribution in [1.82, 2.24) is 0 Å². The Morgan fingerprint density at radius 1 is 1.64 bits per heavy atom. The van der Waals surface area contributed by atoms with Crippen molar-refractivity contribution in [3.8, 4) is 11.8 Å². The van der Waals surface area contributed by atoms with E-state index in [1.165, 1.54) is 0 Å². The van der Waals surface area contributed by atoms with E-state index in [1.807, 2.05) is 0 Å². The van der Waals surface area contributed by atoms with Gasteiger partial charge in [-0.1, -0.05) is 19.3 Å². The van der Waals surface area contributed by atoms with Crippen molar-refractivity contribution in [1.29, 1.82) is 0 Å². The van der Waals surface area contributed by atoms with Gasteiger partial charge in [0.2, 0.25) is 0 Å². The van der Waals surface area contributed by atoms with Gasteiger partial charge in [-0.25, -0.2) is 0 Å². The first-order valence-corrected chi connectivity index (χ1v) is 4.58. The highest BCUT2D eigenvalue weighted by Crippen LogP contribution is 2.03. The lowest BCUT2D eigenvalue weighted by molar-refractivity contribution is 0.110. The van der Waals surface area contributed by atoms with Crippen molar-refractivity contribution in [2.75, 3.05) is 0 Å². The standard InChI is InChI=1S/C11H13NO2/c1-2-3-9(12)4-5-10-6-7-11(8-13)14-10/h6-9H,2-3,12H2,1H3. The molecule has 1 aromatic heterocycles. The molecule has 1 aromatic rings. The van der Waals surface area contributed by atoms with Crippen LogP contribution in [-0.4, -0.2) is 12.3 Å².